The van der Waals surface area contributed by atoms with Crippen molar-refractivity contribution in [1.29, 1.82) is 0 Å². The first-order valence-corrected chi connectivity index (χ1v) is 10.4. The van der Waals surface area contributed by atoms with E-state index < -0.39 is 0 Å². The van der Waals surface area contributed by atoms with E-state index in [1.165, 1.54) is 23.9 Å². The average Bonchev–Trinajstić information content (AvgIpc) is 3.22. The number of piperazine rings is 1. The topological polar surface area (TPSA) is 62.5 Å². The van der Waals surface area contributed by atoms with E-state index in [1.54, 1.807) is 12.1 Å². The summed E-state index contributed by atoms with van der Waals surface area (Å²) in [5.74, 6) is 0.521. The lowest BCUT2D eigenvalue weighted by atomic mass is 10.1. The lowest BCUT2D eigenvalue weighted by Crippen LogP contribution is -2.49. The first-order chi connectivity index (χ1) is 14.1. The number of benzene rings is 2. The van der Waals surface area contributed by atoms with E-state index in [0.717, 1.165) is 29.9 Å². The van der Waals surface area contributed by atoms with Gasteiger partial charge >= 0.3 is 0 Å². The molecular weight excluding hydrogens is 391 g/mol. The molecule has 1 aromatic heterocycles. The molecule has 0 spiro atoms. The summed E-state index contributed by atoms with van der Waals surface area (Å²) in [6.07, 6.45) is 0. The highest BCUT2D eigenvalue weighted by atomic mass is 32.2. The predicted octanol–water partition coefficient (Wildman–Crippen LogP) is 3.63. The number of halogens is 1. The van der Waals surface area contributed by atoms with Crippen LogP contribution in [0.5, 0.6) is 0 Å². The molecule has 1 aliphatic rings. The molecule has 1 aliphatic heterocycles. The second kappa shape index (κ2) is 8.65. The fourth-order valence-electron chi connectivity index (χ4n) is 3.27. The third-order valence-electron chi connectivity index (χ3n) is 4.93. The normalized spacial score (nSPS) is 14.3. The van der Waals surface area contributed by atoms with Gasteiger partial charge in [-0.1, -0.05) is 30.0 Å². The largest absolute Gasteiger partial charge is 0.411 e. The third-order valence-corrected chi connectivity index (χ3v) is 5.73. The van der Waals surface area contributed by atoms with Crippen molar-refractivity contribution < 1.29 is 13.6 Å². The summed E-state index contributed by atoms with van der Waals surface area (Å²) in [5.41, 5.74) is 2.93. The van der Waals surface area contributed by atoms with Crippen molar-refractivity contribution in [1.82, 2.24) is 15.1 Å². The van der Waals surface area contributed by atoms with Gasteiger partial charge < -0.3 is 14.2 Å². The number of hydrogen-bond donors (Lipinski definition) is 0. The van der Waals surface area contributed by atoms with Crippen molar-refractivity contribution in [3.8, 4) is 11.5 Å². The molecule has 8 heteroatoms. The van der Waals surface area contributed by atoms with Crippen molar-refractivity contribution in [2.24, 2.45) is 0 Å². The van der Waals surface area contributed by atoms with Crippen LogP contribution in [0.15, 0.2) is 58.2 Å². The highest BCUT2D eigenvalue weighted by molar-refractivity contribution is 7.99. The lowest BCUT2D eigenvalue weighted by Gasteiger charge is -2.36. The summed E-state index contributed by atoms with van der Waals surface area (Å²) in [4.78, 5) is 16.5. The highest BCUT2D eigenvalue weighted by Gasteiger charge is 2.22. The van der Waals surface area contributed by atoms with Gasteiger partial charge in [-0.05, 0) is 42.8 Å². The number of hydrogen-bond acceptors (Lipinski definition) is 6. The number of rotatable bonds is 5. The number of nitrogens with zero attached hydrogens (tertiary/aromatic N) is 4. The molecule has 0 N–H and O–H groups in total. The number of amides is 1. The Labute approximate surface area is 172 Å². The number of anilines is 1. The molecule has 2 aromatic carbocycles. The molecule has 29 heavy (non-hydrogen) atoms. The summed E-state index contributed by atoms with van der Waals surface area (Å²) >= 11 is 1.26. The van der Waals surface area contributed by atoms with E-state index in [0.29, 0.717) is 24.2 Å². The van der Waals surface area contributed by atoms with Crippen LogP contribution in [0.1, 0.15) is 5.56 Å². The quantitative estimate of drug-likeness (QED) is 0.597. The van der Waals surface area contributed by atoms with Crippen LogP contribution >= 0.6 is 11.8 Å². The van der Waals surface area contributed by atoms with Crippen molar-refractivity contribution in [3.63, 3.8) is 0 Å². The van der Waals surface area contributed by atoms with Crippen LogP contribution in [0.3, 0.4) is 0 Å². The van der Waals surface area contributed by atoms with Gasteiger partial charge in [0.2, 0.25) is 11.8 Å². The Bertz CT molecular complexity index is 984. The van der Waals surface area contributed by atoms with Crippen LogP contribution in [0, 0.1) is 12.7 Å². The zero-order valence-corrected chi connectivity index (χ0v) is 16.9. The van der Waals surface area contributed by atoms with Crippen molar-refractivity contribution in [2.45, 2.75) is 12.1 Å². The molecular formula is C21H21FN4O2S. The number of aromatic nitrogens is 2. The van der Waals surface area contributed by atoms with Crippen LogP contribution < -0.4 is 4.90 Å². The van der Waals surface area contributed by atoms with Crippen LogP contribution in [0.25, 0.3) is 11.5 Å². The Morgan fingerprint density at radius 1 is 1.07 bits per heavy atom. The molecule has 1 saturated heterocycles. The molecule has 0 bridgehead atoms. The smallest absolute Gasteiger partial charge is 0.277 e. The second-order valence-electron chi connectivity index (χ2n) is 6.82. The molecule has 0 unspecified atom stereocenters. The van der Waals surface area contributed by atoms with E-state index in [-0.39, 0.29) is 17.5 Å². The van der Waals surface area contributed by atoms with Gasteiger partial charge in [-0.2, -0.15) is 0 Å². The monoisotopic (exact) mass is 412 g/mol. The van der Waals surface area contributed by atoms with Crippen LogP contribution in [0.4, 0.5) is 10.1 Å². The Morgan fingerprint density at radius 3 is 2.52 bits per heavy atom. The average molecular weight is 412 g/mol. The van der Waals surface area contributed by atoms with Gasteiger partial charge in [-0.25, -0.2) is 4.39 Å². The third kappa shape index (κ3) is 4.59. The molecule has 1 fully saturated rings. The van der Waals surface area contributed by atoms with Crippen molar-refractivity contribution in [2.75, 3.05) is 36.8 Å². The molecule has 0 atom stereocenters. The first kappa shape index (κ1) is 19.4. The highest BCUT2D eigenvalue weighted by Crippen LogP contribution is 2.26. The summed E-state index contributed by atoms with van der Waals surface area (Å²) in [6.45, 7) is 4.70. The van der Waals surface area contributed by atoms with Gasteiger partial charge in [0.05, 0.1) is 5.75 Å². The maximum Gasteiger partial charge on any atom is 0.277 e. The number of thioether (sulfide) groups is 1. The molecule has 2 heterocycles. The Kier molecular flexibility index (Phi) is 5.80. The maximum atomic E-state index is 13.1. The lowest BCUT2D eigenvalue weighted by molar-refractivity contribution is -0.128. The Hall–Kier alpha value is -2.87. The first-order valence-electron chi connectivity index (χ1n) is 9.41. The van der Waals surface area contributed by atoms with Gasteiger partial charge in [-0.3, -0.25) is 4.79 Å². The summed E-state index contributed by atoms with van der Waals surface area (Å²) in [5, 5.41) is 8.53. The summed E-state index contributed by atoms with van der Waals surface area (Å²) in [7, 11) is 0. The van der Waals surface area contributed by atoms with E-state index in [4.69, 9.17) is 4.42 Å². The SMILES string of the molecule is Cc1ccccc1-c1nnc(SCC(=O)N2CCN(c3ccc(F)cc3)CC2)o1. The standard InChI is InChI=1S/C21H21FN4O2S/c1-15-4-2-3-5-18(15)20-23-24-21(28-20)29-14-19(27)26-12-10-25(11-13-26)17-8-6-16(22)7-9-17/h2-9H,10-14H2,1H3. The van der Waals surface area contributed by atoms with Gasteiger partial charge in [-0.15, -0.1) is 10.2 Å². The van der Waals surface area contributed by atoms with Crippen LogP contribution in [0.2, 0.25) is 0 Å². The summed E-state index contributed by atoms with van der Waals surface area (Å²) < 4.78 is 18.8. The maximum absolute atomic E-state index is 13.1. The zero-order valence-electron chi connectivity index (χ0n) is 16.0. The molecule has 4 rings (SSSR count). The fourth-order valence-corrected chi connectivity index (χ4v) is 3.94. The fraction of sp³-hybridized carbons (Fsp3) is 0.286. The molecule has 1 amide bonds. The predicted molar refractivity (Wildman–Crippen MR) is 110 cm³/mol. The molecule has 0 radical (unpaired) electrons. The van der Waals surface area contributed by atoms with E-state index in [1.807, 2.05) is 36.1 Å². The number of carbonyl (C=O) groups is 1. The molecule has 150 valence electrons. The Morgan fingerprint density at radius 2 is 1.79 bits per heavy atom. The molecule has 3 aromatic rings. The van der Waals surface area contributed by atoms with Crippen molar-refractivity contribution in [3.05, 3.63) is 59.9 Å². The van der Waals surface area contributed by atoms with Crippen LogP contribution in [-0.4, -0.2) is 52.9 Å². The second-order valence-corrected chi connectivity index (χ2v) is 7.75. The van der Waals surface area contributed by atoms with Gasteiger partial charge in [0.25, 0.3) is 5.22 Å². The van der Waals surface area contributed by atoms with Gasteiger partial charge in [0.1, 0.15) is 5.82 Å². The number of carbonyl (C=O) groups excluding carboxylic acids is 1. The van der Waals surface area contributed by atoms with E-state index >= 15 is 0 Å². The summed E-state index contributed by atoms with van der Waals surface area (Å²) in [6, 6.07) is 14.3. The minimum atomic E-state index is -0.244. The van der Waals surface area contributed by atoms with Gasteiger partial charge in [0.15, 0.2) is 0 Å². The molecule has 0 saturated carbocycles. The molecule has 0 aliphatic carbocycles. The Balaban J connectivity index is 1.29. The number of aryl methyl sites for hydroxylation is 1. The minimum Gasteiger partial charge on any atom is -0.411 e. The minimum absolute atomic E-state index is 0.0457. The van der Waals surface area contributed by atoms with Crippen molar-refractivity contribution >= 4 is 23.4 Å². The van der Waals surface area contributed by atoms with E-state index in [9.17, 15) is 9.18 Å². The molecule has 6 nitrogen and oxygen atoms in total. The zero-order chi connectivity index (χ0) is 20.2. The van der Waals surface area contributed by atoms with Crippen LogP contribution in [-0.2, 0) is 4.79 Å². The van der Waals surface area contributed by atoms with E-state index in [2.05, 4.69) is 15.1 Å². The van der Waals surface area contributed by atoms with Gasteiger partial charge in [0, 0.05) is 37.4 Å².